The summed E-state index contributed by atoms with van der Waals surface area (Å²) >= 11 is 0. The highest BCUT2D eigenvalue weighted by Crippen LogP contribution is 2.47. The molecule has 2 rings (SSSR count). The molecule has 4 nitrogen and oxygen atoms in total. The minimum Gasteiger partial charge on any atom is -0.340 e. The second-order valence-electron chi connectivity index (χ2n) is 3.52. The van der Waals surface area contributed by atoms with E-state index in [-0.39, 0.29) is 5.41 Å². The van der Waals surface area contributed by atoms with Crippen molar-refractivity contribution in [2.24, 2.45) is 12.9 Å². The second kappa shape index (κ2) is 2.57. The van der Waals surface area contributed by atoms with Crippen LogP contribution in [0.1, 0.15) is 18.5 Å². The maximum absolute atomic E-state index is 5.06. The van der Waals surface area contributed by atoms with Crippen LogP contribution in [0.4, 0.5) is 0 Å². The Balaban J connectivity index is 2.18. The van der Waals surface area contributed by atoms with E-state index < -0.39 is 0 Å². The van der Waals surface area contributed by atoms with Crippen molar-refractivity contribution in [3.05, 3.63) is 18.2 Å². The topological polar surface area (TPSA) is 53.1 Å². The van der Waals surface area contributed by atoms with Gasteiger partial charge in [-0.2, -0.15) is 0 Å². The molecule has 1 saturated carbocycles. The Kier molecular flexibility index (Phi) is 1.66. The van der Waals surface area contributed by atoms with E-state index in [0.717, 1.165) is 18.5 Å². The van der Waals surface area contributed by atoms with Crippen molar-refractivity contribution in [3.63, 3.8) is 0 Å². The minimum atomic E-state index is 0.135. The summed E-state index contributed by atoms with van der Waals surface area (Å²) < 4.78 is 1.95. The third kappa shape index (κ3) is 1.13. The molecular weight excluding hydrogens is 154 g/mol. The van der Waals surface area contributed by atoms with Gasteiger partial charge in [-0.05, 0) is 12.8 Å². The fourth-order valence-electron chi connectivity index (χ4n) is 1.47. The van der Waals surface area contributed by atoms with Crippen LogP contribution in [0.3, 0.4) is 0 Å². The van der Waals surface area contributed by atoms with Crippen molar-refractivity contribution in [2.45, 2.75) is 18.3 Å². The molecule has 0 radical (unpaired) electrons. The predicted molar refractivity (Wildman–Crippen MR) is 44.3 cm³/mol. The third-order valence-electron chi connectivity index (χ3n) is 2.46. The van der Waals surface area contributed by atoms with Gasteiger partial charge in [0.1, 0.15) is 0 Å². The van der Waals surface area contributed by atoms with Gasteiger partial charge in [0, 0.05) is 18.7 Å². The van der Waals surface area contributed by atoms with Crippen molar-refractivity contribution < 1.29 is 4.84 Å². The zero-order valence-electron chi connectivity index (χ0n) is 7.16. The third-order valence-corrected chi connectivity index (χ3v) is 2.46. The number of hydrogen-bond acceptors (Lipinski definition) is 3. The summed E-state index contributed by atoms with van der Waals surface area (Å²) in [5.41, 5.74) is 1.24. The molecule has 12 heavy (non-hydrogen) atoms. The van der Waals surface area contributed by atoms with Gasteiger partial charge in [0.15, 0.2) is 0 Å². The molecule has 0 unspecified atom stereocenters. The van der Waals surface area contributed by atoms with Crippen LogP contribution in [0.25, 0.3) is 0 Å². The summed E-state index contributed by atoms with van der Waals surface area (Å²) in [7, 11) is 1.97. The van der Waals surface area contributed by atoms with Gasteiger partial charge in [0.2, 0.25) is 0 Å². The van der Waals surface area contributed by atoms with Crippen LogP contribution in [0, 0.1) is 0 Å². The molecule has 1 aromatic rings. The highest BCUT2D eigenvalue weighted by atomic mass is 16.6. The van der Waals surface area contributed by atoms with Crippen LogP contribution in [-0.2, 0) is 17.3 Å². The van der Waals surface area contributed by atoms with Crippen LogP contribution in [0.15, 0.2) is 12.5 Å². The lowest BCUT2D eigenvalue weighted by Crippen LogP contribution is -2.18. The molecule has 0 amide bonds. The van der Waals surface area contributed by atoms with E-state index in [0.29, 0.717) is 6.61 Å². The SMILES string of the molecule is Cn1cnc(C2(CON)CC2)c1. The number of nitrogens with zero attached hydrogens (tertiary/aromatic N) is 2. The number of aromatic nitrogens is 2. The fourth-order valence-corrected chi connectivity index (χ4v) is 1.47. The molecule has 1 aromatic heterocycles. The van der Waals surface area contributed by atoms with Crippen LogP contribution >= 0.6 is 0 Å². The number of aryl methyl sites for hydroxylation is 1. The highest BCUT2D eigenvalue weighted by Gasteiger charge is 2.46. The molecule has 0 bridgehead atoms. The van der Waals surface area contributed by atoms with E-state index >= 15 is 0 Å². The van der Waals surface area contributed by atoms with E-state index in [4.69, 9.17) is 5.90 Å². The van der Waals surface area contributed by atoms with E-state index in [9.17, 15) is 0 Å². The standard InChI is InChI=1S/C8H13N3O/c1-11-4-7(10-6-11)8(2-3-8)5-12-9/h4,6H,2-3,5,9H2,1H3. The van der Waals surface area contributed by atoms with E-state index in [2.05, 4.69) is 9.82 Å². The molecular formula is C8H13N3O. The molecule has 0 aromatic carbocycles. The molecule has 1 aliphatic rings. The van der Waals surface area contributed by atoms with E-state index in [1.165, 1.54) is 0 Å². The van der Waals surface area contributed by atoms with Gasteiger partial charge in [0.05, 0.1) is 18.6 Å². The van der Waals surface area contributed by atoms with Gasteiger partial charge < -0.3 is 9.40 Å². The van der Waals surface area contributed by atoms with Gasteiger partial charge in [-0.25, -0.2) is 10.9 Å². The van der Waals surface area contributed by atoms with Crippen LogP contribution < -0.4 is 5.90 Å². The molecule has 1 aliphatic carbocycles. The fraction of sp³-hybridized carbons (Fsp3) is 0.625. The summed E-state index contributed by atoms with van der Waals surface area (Å²) in [4.78, 5) is 8.98. The predicted octanol–water partition coefficient (Wildman–Crippen LogP) is 0.342. The zero-order valence-corrected chi connectivity index (χ0v) is 7.16. The summed E-state index contributed by atoms with van der Waals surface area (Å²) in [6.07, 6.45) is 6.13. The minimum absolute atomic E-state index is 0.135. The maximum Gasteiger partial charge on any atom is 0.0947 e. The van der Waals surface area contributed by atoms with Crippen molar-refractivity contribution in [1.82, 2.24) is 9.55 Å². The zero-order chi connectivity index (χ0) is 8.60. The highest BCUT2D eigenvalue weighted by molar-refractivity contribution is 5.22. The Labute approximate surface area is 71.3 Å². The van der Waals surface area contributed by atoms with Gasteiger partial charge in [-0.1, -0.05) is 0 Å². The number of hydrogen-bond donors (Lipinski definition) is 1. The number of rotatable bonds is 3. The molecule has 0 saturated heterocycles. The number of imidazole rings is 1. The first kappa shape index (κ1) is 7.76. The van der Waals surface area contributed by atoms with Crippen molar-refractivity contribution in [1.29, 1.82) is 0 Å². The molecule has 0 atom stereocenters. The van der Waals surface area contributed by atoms with Crippen molar-refractivity contribution in [2.75, 3.05) is 6.61 Å². The molecule has 4 heteroatoms. The normalized spacial score (nSPS) is 19.5. The molecule has 66 valence electrons. The first-order chi connectivity index (χ1) is 5.77. The molecule has 0 aliphatic heterocycles. The monoisotopic (exact) mass is 167 g/mol. The lowest BCUT2D eigenvalue weighted by atomic mass is 10.1. The summed E-state index contributed by atoms with van der Waals surface area (Å²) in [6, 6.07) is 0. The lowest BCUT2D eigenvalue weighted by Gasteiger charge is -2.08. The Morgan fingerprint density at radius 3 is 2.92 bits per heavy atom. The number of nitrogens with two attached hydrogens (primary N) is 1. The summed E-state index contributed by atoms with van der Waals surface area (Å²) in [5, 5.41) is 0. The van der Waals surface area contributed by atoms with Crippen LogP contribution in [0.5, 0.6) is 0 Å². The van der Waals surface area contributed by atoms with Gasteiger partial charge in [0.25, 0.3) is 0 Å². The largest absolute Gasteiger partial charge is 0.340 e. The van der Waals surface area contributed by atoms with Gasteiger partial charge in [-0.15, -0.1) is 0 Å². The smallest absolute Gasteiger partial charge is 0.0947 e. The van der Waals surface area contributed by atoms with E-state index in [1.54, 1.807) is 0 Å². The van der Waals surface area contributed by atoms with Crippen molar-refractivity contribution >= 4 is 0 Å². The van der Waals surface area contributed by atoms with E-state index in [1.807, 2.05) is 24.1 Å². The van der Waals surface area contributed by atoms with Gasteiger partial charge >= 0.3 is 0 Å². The summed E-state index contributed by atoms with van der Waals surface area (Å²) in [5.74, 6) is 5.06. The molecule has 1 heterocycles. The first-order valence-corrected chi connectivity index (χ1v) is 4.07. The van der Waals surface area contributed by atoms with Crippen LogP contribution in [0.2, 0.25) is 0 Å². The second-order valence-corrected chi connectivity index (χ2v) is 3.52. The Morgan fingerprint density at radius 2 is 2.50 bits per heavy atom. The maximum atomic E-state index is 5.06. The van der Waals surface area contributed by atoms with Crippen LogP contribution in [-0.4, -0.2) is 16.2 Å². The first-order valence-electron chi connectivity index (χ1n) is 4.07. The Bertz CT molecular complexity index is 278. The summed E-state index contributed by atoms with van der Waals surface area (Å²) in [6.45, 7) is 0.587. The van der Waals surface area contributed by atoms with Crippen molar-refractivity contribution in [3.8, 4) is 0 Å². The quantitative estimate of drug-likeness (QED) is 0.660. The molecule has 2 N–H and O–H groups in total. The Morgan fingerprint density at radius 1 is 1.75 bits per heavy atom. The average molecular weight is 167 g/mol. The average Bonchev–Trinajstić information content (AvgIpc) is 2.69. The Hall–Kier alpha value is -0.870. The molecule has 0 spiro atoms. The lowest BCUT2D eigenvalue weighted by molar-refractivity contribution is 0.115. The van der Waals surface area contributed by atoms with Gasteiger partial charge in [-0.3, -0.25) is 0 Å². The molecule has 1 fully saturated rings.